The minimum absolute atomic E-state index is 0.758. The van der Waals surface area contributed by atoms with E-state index in [1.54, 1.807) is 0 Å². The van der Waals surface area contributed by atoms with E-state index in [4.69, 9.17) is 0 Å². The largest absolute Gasteiger partial charge is 0.351 e. The van der Waals surface area contributed by atoms with Gasteiger partial charge in [0.25, 0.3) is 0 Å². The van der Waals surface area contributed by atoms with Gasteiger partial charge in [0.05, 0.1) is 0 Å². The maximum absolute atomic E-state index is 4.50. The lowest BCUT2D eigenvalue weighted by molar-refractivity contribution is 0.585. The Morgan fingerprint density at radius 1 is 1.53 bits per heavy atom. The molecule has 0 unspecified atom stereocenters. The first-order valence-electron chi connectivity index (χ1n) is 6.54. The Balaban J connectivity index is 1.78. The first-order chi connectivity index (χ1) is 8.15. The van der Waals surface area contributed by atoms with Crippen LogP contribution in [-0.2, 0) is 6.54 Å². The molecule has 1 aliphatic carbocycles. The Morgan fingerprint density at radius 3 is 2.94 bits per heavy atom. The molecule has 3 nitrogen and oxygen atoms in total. The molecule has 1 fully saturated rings. The summed E-state index contributed by atoms with van der Waals surface area (Å²) in [4.78, 5) is 8.12. The molecule has 1 saturated carbocycles. The minimum atomic E-state index is 0.758. The highest BCUT2D eigenvalue weighted by Gasteiger charge is 2.20. The predicted molar refractivity (Wildman–Crippen MR) is 74.7 cm³/mol. The zero-order valence-corrected chi connectivity index (χ0v) is 11.9. The first-order valence-corrected chi connectivity index (χ1v) is 7.36. The van der Waals surface area contributed by atoms with Crippen LogP contribution in [0.2, 0.25) is 0 Å². The average molecular weight is 253 g/mol. The molecular formula is C13H23N3S. The number of rotatable bonds is 7. The van der Waals surface area contributed by atoms with Crippen molar-refractivity contribution < 1.29 is 0 Å². The summed E-state index contributed by atoms with van der Waals surface area (Å²) in [6, 6.07) is 0.777. The molecule has 0 atom stereocenters. The third-order valence-electron chi connectivity index (χ3n) is 3.05. The van der Waals surface area contributed by atoms with Gasteiger partial charge in [-0.3, -0.25) is 0 Å². The van der Waals surface area contributed by atoms with Crippen LogP contribution in [0.3, 0.4) is 0 Å². The van der Waals surface area contributed by atoms with Gasteiger partial charge in [0, 0.05) is 37.3 Å². The third kappa shape index (κ3) is 4.28. The van der Waals surface area contributed by atoms with E-state index >= 15 is 0 Å². The van der Waals surface area contributed by atoms with Crippen LogP contribution in [0.15, 0.2) is 6.20 Å². The summed E-state index contributed by atoms with van der Waals surface area (Å²) >= 11 is 1.81. The lowest BCUT2D eigenvalue weighted by Crippen LogP contribution is -2.19. The summed E-state index contributed by atoms with van der Waals surface area (Å²) < 4.78 is 0. The van der Waals surface area contributed by atoms with Crippen LogP contribution < -0.4 is 10.2 Å². The van der Waals surface area contributed by atoms with Crippen molar-refractivity contribution in [2.45, 2.75) is 45.7 Å². The molecule has 0 amide bonds. The molecule has 1 aliphatic rings. The Labute approximate surface area is 108 Å². The van der Waals surface area contributed by atoms with E-state index < -0.39 is 0 Å². The van der Waals surface area contributed by atoms with E-state index in [-0.39, 0.29) is 0 Å². The topological polar surface area (TPSA) is 28.2 Å². The normalized spacial score (nSPS) is 15.5. The van der Waals surface area contributed by atoms with Gasteiger partial charge < -0.3 is 10.2 Å². The van der Waals surface area contributed by atoms with Crippen LogP contribution in [0.1, 0.15) is 38.0 Å². The van der Waals surface area contributed by atoms with Crippen molar-refractivity contribution in [3.63, 3.8) is 0 Å². The average Bonchev–Trinajstić information content (AvgIpc) is 3.00. The second kappa shape index (κ2) is 5.83. The molecule has 0 spiro atoms. The van der Waals surface area contributed by atoms with Gasteiger partial charge in [-0.2, -0.15) is 0 Å². The lowest BCUT2D eigenvalue weighted by Gasteiger charge is -2.16. The molecule has 0 aliphatic heterocycles. The Hall–Kier alpha value is -0.610. The maximum Gasteiger partial charge on any atom is 0.185 e. The van der Waals surface area contributed by atoms with Crippen molar-refractivity contribution in [3.8, 4) is 0 Å². The highest BCUT2D eigenvalue weighted by atomic mass is 32.1. The number of nitrogens with one attached hydrogen (secondary N) is 1. The summed E-state index contributed by atoms with van der Waals surface area (Å²) in [6.45, 7) is 6.61. The van der Waals surface area contributed by atoms with E-state index in [1.807, 2.05) is 17.5 Å². The van der Waals surface area contributed by atoms with Crippen molar-refractivity contribution >= 4 is 16.5 Å². The van der Waals surface area contributed by atoms with Crippen LogP contribution >= 0.6 is 11.3 Å². The second-order valence-corrected chi connectivity index (χ2v) is 6.46. The lowest BCUT2D eigenvalue weighted by atomic mass is 10.1. The summed E-state index contributed by atoms with van der Waals surface area (Å²) in [5.74, 6) is 0.758. The molecule has 1 N–H and O–H groups in total. The van der Waals surface area contributed by atoms with Gasteiger partial charge in [-0.25, -0.2) is 4.98 Å². The highest BCUT2D eigenvalue weighted by Crippen LogP contribution is 2.24. The van der Waals surface area contributed by atoms with Crippen molar-refractivity contribution in [3.05, 3.63) is 11.1 Å². The third-order valence-corrected chi connectivity index (χ3v) is 4.16. The Kier molecular flexibility index (Phi) is 4.40. The van der Waals surface area contributed by atoms with Crippen LogP contribution in [0.25, 0.3) is 0 Å². The number of hydrogen-bond acceptors (Lipinski definition) is 4. The van der Waals surface area contributed by atoms with Gasteiger partial charge in [-0.1, -0.05) is 13.8 Å². The number of anilines is 1. The zero-order chi connectivity index (χ0) is 12.3. The van der Waals surface area contributed by atoms with Crippen molar-refractivity contribution in [1.29, 1.82) is 0 Å². The smallest absolute Gasteiger partial charge is 0.185 e. The first kappa shape index (κ1) is 12.8. The van der Waals surface area contributed by atoms with Gasteiger partial charge in [-0.05, 0) is 25.2 Å². The van der Waals surface area contributed by atoms with Gasteiger partial charge >= 0.3 is 0 Å². The molecule has 0 aromatic carbocycles. The molecule has 0 bridgehead atoms. The fourth-order valence-electron chi connectivity index (χ4n) is 1.64. The van der Waals surface area contributed by atoms with Crippen LogP contribution in [0.5, 0.6) is 0 Å². The van der Waals surface area contributed by atoms with E-state index in [1.165, 1.54) is 24.1 Å². The quantitative estimate of drug-likeness (QED) is 0.810. The van der Waals surface area contributed by atoms with Crippen LogP contribution in [0, 0.1) is 5.92 Å². The zero-order valence-electron chi connectivity index (χ0n) is 11.1. The van der Waals surface area contributed by atoms with E-state index in [0.29, 0.717) is 0 Å². The molecule has 1 aromatic heterocycles. The maximum atomic E-state index is 4.50. The van der Waals surface area contributed by atoms with Crippen molar-refractivity contribution in [2.75, 3.05) is 18.5 Å². The Bertz CT molecular complexity index is 344. The summed E-state index contributed by atoms with van der Waals surface area (Å²) in [5, 5.41) is 4.68. The monoisotopic (exact) mass is 253 g/mol. The number of thiazole rings is 1. The fraction of sp³-hybridized carbons (Fsp3) is 0.769. The fourth-order valence-corrected chi connectivity index (χ4v) is 2.48. The molecule has 17 heavy (non-hydrogen) atoms. The van der Waals surface area contributed by atoms with E-state index in [0.717, 1.165) is 30.2 Å². The summed E-state index contributed by atoms with van der Waals surface area (Å²) in [7, 11) is 2.14. The molecule has 0 radical (unpaired) electrons. The SMILES string of the molecule is CC(C)CCN(C)c1ncc(CNC2CC2)s1. The molecule has 1 aromatic rings. The molecule has 96 valence electrons. The van der Waals surface area contributed by atoms with Gasteiger partial charge in [-0.15, -0.1) is 11.3 Å². The number of nitrogens with zero attached hydrogens (tertiary/aromatic N) is 2. The molecule has 0 saturated heterocycles. The van der Waals surface area contributed by atoms with Crippen LogP contribution in [0.4, 0.5) is 5.13 Å². The summed E-state index contributed by atoms with van der Waals surface area (Å²) in [5.41, 5.74) is 0. The molecule has 1 heterocycles. The Morgan fingerprint density at radius 2 is 2.29 bits per heavy atom. The van der Waals surface area contributed by atoms with Crippen LogP contribution in [-0.4, -0.2) is 24.6 Å². The molecular weight excluding hydrogens is 230 g/mol. The highest BCUT2D eigenvalue weighted by molar-refractivity contribution is 7.15. The van der Waals surface area contributed by atoms with Gasteiger partial charge in [0.2, 0.25) is 0 Å². The van der Waals surface area contributed by atoms with E-state index in [2.05, 4.69) is 36.1 Å². The number of hydrogen-bond donors (Lipinski definition) is 1. The summed E-state index contributed by atoms with van der Waals surface area (Å²) in [6.07, 6.45) is 5.94. The molecule has 2 rings (SSSR count). The number of aromatic nitrogens is 1. The van der Waals surface area contributed by atoms with Gasteiger partial charge in [0.1, 0.15) is 0 Å². The van der Waals surface area contributed by atoms with E-state index in [9.17, 15) is 0 Å². The standard InChI is InChI=1S/C13H23N3S/c1-10(2)6-7-16(3)13-15-9-12(17-13)8-14-11-4-5-11/h9-11,14H,4-8H2,1-3H3. The van der Waals surface area contributed by atoms with Gasteiger partial charge in [0.15, 0.2) is 5.13 Å². The second-order valence-electron chi connectivity index (χ2n) is 5.37. The molecule has 4 heteroatoms. The van der Waals surface area contributed by atoms with Crippen molar-refractivity contribution in [2.24, 2.45) is 5.92 Å². The van der Waals surface area contributed by atoms with Crippen molar-refractivity contribution in [1.82, 2.24) is 10.3 Å². The predicted octanol–water partition coefficient (Wildman–Crippen LogP) is 2.88. The minimum Gasteiger partial charge on any atom is -0.351 e.